The van der Waals surface area contributed by atoms with E-state index in [1.54, 1.807) is 0 Å². The number of carbonyl (C=O) groups excluding carboxylic acids is 1. The standard InChI is InChI=1S/C16H19N3O2.ClH/c1-17-13-7-9-19(10-8-13)16(20)14-11-21-15(18-14)12-5-3-2-4-6-12;/h2-6,11,13,17H,7-10H2,1H3;1H. The topological polar surface area (TPSA) is 58.4 Å². The minimum atomic E-state index is -0.0458. The van der Waals surface area contributed by atoms with Crippen LogP contribution in [-0.4, -0.2) is 42.0 Å². The molecule has 5 nitrogen and oxygen atoms in total. The Bertz CT molecular complexity index is 607. The van der Waals surface area contributed by atoms with E-state index in [0.717, 1.165) is 31.5 Å². The number of carbonyl (C=O) groups is 1. The molecule has 6 heteroatoms. The average molecular weight is 322 g/mol. The fourth-order valence-electron chi connectivity index (χ4n) is 2.62. The number of nitrogens with one attached hydrogen (secondary N) is 1. The van der Waals surface area contributed by atoms with Crippen LogP contribution in [0.1, 0.15) is 23.3 Å². The van der Waals surface area contributed by atoms with Crippen molar-refractivity contribution in [2.24, 2.45) is 0 Å². The molecular weight excluding hydrogens is 302 g/mol. The zero-order valence-corrected chi connectivity index (χ0v) is 13.3. The van der Waals surface area contributed by atoms with Crippen LogP contribution >= 0.6 is 12.4 Å². The number of benzene rings is 1. The number of aromatic nitrogens is 1. The highest BCUT2D eigenvalue weighted by atomic mass is 35.5. The van der Waals surface area contributed by atoms with E-state index in [1.807, 2.05) is 42.3 Å². The van der Waals surface area contributed by atoms with Crippen molar-refractivity contribution in [3.63, 3.8) is 0 Å². The molecule has 2 aromatic rings. The monoisotopic (exact) mass is 321 g/mol. The van der Waals surface area contributed by atoms with E-state index in [9.17, 15) is 4.79 Å². The first kappa shape index (κ1) is 16.5. The molecule has 0 spiro atoms. The van der Waals surface area contributed by atoms with Crippen molar-refractivity contribution in [3.05, 3.63) is 42.3 Å². The molecule has 118 valence electrons. The predicted molar refractivity (Wildman–Crippen MR) is 87.2 cm³/mol. The second kappa shape index (κ2) is 7.42. The molecule has 0 unspecified atom stereocenters. The second-order valence-corrected chi connectivity index (χ2v) is 5.26. The maximum absolute atomic E-state index is 12.4. The summed E-state index contributed by atoms with van der Waals surface area (Å²) in [5, 5.41) is 3.26. The third kappa shape index (κ3) is 3.48. The lowest BCUT2D eigenvalue weighted by atomic mass is 10.1. The largest absolute Gasteiger partial charge is 0.444 e. The van der Waals surface area contributed by atoms with Crippen molar-refractivity contribution in [2.45, 2.75) is 18.9 Å². The molecule has 0 atom stereocenters. The van der Waals surface area contributed by atoms with Gasteiger partial charge in [-0.3, -0.25) is 4.79 Å². The molecule has 1 amide bonds. The summed E-state index contributed by atoms with van der Waals surface area (Å²) in [4.78, 5) is 18.6. The Kier molecular flexibility index (Phi) is 5.57. The van der Waals surface area contributed by atoms with Crippen molar-refractivity contribution < 1.29 is 9.21 Å². The molecule has 1 N–H and O–H groups in total. The van der Waals surface area contributed by atoms with Gasteiger partial charge in [0.25, 0.3) is 5.91 Å². The summed E-state index contributed by atoms with van der Waals surface area (Å²) < 4.78 is 5.43. The van der Waals surface area contributed by atoms with Crippen molar-refractivity contribution in [1.82, 2.24) is 15.2 Å². The summed E-state index contributed by atoms with van der Waals surface area (Å²) in [6.45, 7) is 1.52. The highest BCUT2D eigenvalue weighted by Gasteiger charge is 2.24. The number of rotatable bonds is 3. The molecule has 0 saturated carbocycles. The van der Waals surface area contributed by atoms with E-state index in [1.165, 1.54) is 6.26 Å². The normalized spacial score (nSPS) is 15.4. The number of likely N-dealkylation sites (tertiary alicyclic amines) is 1. The quantitative estimate of drug-likeness (QED) is 0.944. The fraction of sp³-hybridized carbons (Fsp3) is 0.375. The van der Waals surface area contributed by atoms with Crippen molar-refractivity contribution in [2.75, 3.05) is 20.1 Å². The summed E-state index contributed by atoms with van der Waals surface area (Å²) in [5.41, 5.74) is 1.27. The minimum Gasteiger partial charge on any atom is -0.444 e. The van der Waals surface area contributed by atoms with Crippen molar-refractivity contribution in [3.8, 4) is 11.5 Å². The first-order valence-electron chi connectivity index (χ1n) is 7.25. The van der Waals surface area contributed by atoms with Crippen LogP contribution in [0.2, 0.25) is 0 Å². The van der Waals surface area contributed by atoms with Gasteiger partial charge in [-0.2, -0.15) is 0 Å². The number of hydrogen-bond donors (Lipinski definition) is 1. The summed E-state index contributed by atoms with van der Waals surface area (Å²) in [7, 11) is 1.96. The van der Waals surface area contributed by atoms with E-state index in [-0.39, 0.29) is 18.3 Å². The number of amides is 1. The van der Waals surface area contributed by atoms with Gasteiger partial charge < -0.3 is 14.6 Å². The van der Waals surface area contributed by atoms with Gasteiger partial charge in [-0.25, -0.2) is 4.98 Å². The zero-order chi connectivity index (χ0) is 14.7. The van der Waals surface area contributed by atoms with E-state index in [4.69, 9.17) is 4.42 Å². The smallest absolute Gasteiger partial charge is 0.275 e. The zero-order valence-electron chi connectivity index (χ0n) is 12.5. The second-order valence-electron chi connectivity index (χ2n) is 5.26. The molecule has 1 aromatic carbocycles. The Morgan fingerprint density at radius 1 is 1.27 bits per heavy atom. The van der Waals surface area contributed by atoms with Crippen LogP contribution in [0, 0.1) is 0 Å². The molecule has 1 aliphatic heterocycles. The van der Waals surface area contributed by atoms with E-state index in [2.05, 4.69) is 10.3 Å². The van der Waals surface area contributed by atoms with Gasteiger partial charge in [0.2, 0.25) is 5.89 Å². The first-order chi connectivity index (χ1) is 10.3. The van der Waals surface area contributed by atoms with E-state index in [0.29, 0.717) is 17.6 Å². The number of piperidine rings is 1. The SMILES string of the molecule is CNC1CCN(C(=O)c2coc(-c3ccccc3)n2)CC1.Cl. The molecule has 1 saturated heterocycles. The average Bonchev–Trinajstić information content (AvgIpc) is 3.05. The molecule has 2 heterocycles. The number of halogens is 1. The Hall–Kier alpha value is -1.85. The first-order valence-corrected chi connectivity index (χ1v) is 7.25. The van der Waals surface area contributed by atoms with Crippen molar-refractivity contribution >= 4 is 18.3 Å². The predicted octanol–water partition coefficient (Wildman–Crippen LogP) is 2.59. The van der Waals surface area contributed by atoms with Gasteiger partial charge in [-0.05, 0) is 32.0 Å². The van der Waals surface area contributed by atoms with Crippen LogP contribution in [0.3, 0.4) is 0 Å². The minimum absolute atomic E-state index is 0. The maximum Gasteiger partial charge on any atom is 0.275 e. The lowest BCUT2D eigenvalue weighted by molar-refractivity contribution is 0.0701. The maximum atomic E-state index is 12.4. The highest BCUT2D eigenvalue weighted by molar-refractivity contribution is 5.92. The third-order valence-corrected chi connectivity index (χ3v) is 3.93. The summed E-state index contributed by atoms with van der Waals surface area (Å²) in [6, 6.07) is 10.1. The van der Waals surface area contributed by atoms with Crippen LogP contribution in [-0.2, 0) is 0 Å². The molecule has 0 aliphatic carbocycles. The lowest BCUT2D eigenvalue weighted by Gasteiger charge is -2.31. The molecule has 0 bridgehead atoms. The molecule has 3 rings (SSSR count). The van der Waals surface area contributed by atoms with Gasteiger partial charge in [-0.15, -0.1) is 12.4 Å². The van der Waals surface area contributed by atoms with Gasteiger partial charge >= 0.3 is 0 Å². The molecule has 1 aliphatic rings. The van der Waals surface area contributed by atoms with Crippen LogP contribution < -0.4 is 5.32 Å². The highest BCUT2D eigenvalue weighted by Crippen LogP contribution is 2.20. The van der Waals surface area contributed by atoms with Gasteiger partial charge in [0.1, 0.15) is 6.26 Å². The summed E-state index contributed by atoms with van der Waals surface area (Å²) in [6.07, 6.45) is 3.41. The molecule has 22 heavy (non-hydrogen) atoms. The number of nitrogens with zero attached hydrogens (tertiary/aromatic N) is 2. The molecule has 1 aromatic heterocycles. The van der Waals surface area contributed by atoms with Gasteiger partial charge in [-0.1, -0.05) is 18.2 Å². The fourth-order valence-corrected chi connectivity index (χ4v) is 2.62. The van der Waals surface area contributed by atoms with Crippen LogP contribution in [0.15, 0.2) is 41.0 Å². The third-order valence-electron chi connectivity index (χ3n) is 3.93. The van der Waals surface area contributed by atoms with Crippen LogP contribution in [0.25, 0.3) is 11.5 Å². The number of hydrogen-bond acceptors (Lipinski definition) is 4. The Balaban J connectivity index is 0.00000176. The van der Waals surface area contributed by atoms with Gasteiger partial charge in [0.05, 0.1) is 0 Å². The molecule has 1 fully saturated rings. The van der Waals surface area contributed by atoms with Gasteiger partial charge in [0, 0.05) is 24.7 Å². The van der Waals surface area contributed by atoms with Crippen LogP contribution in [0.4, 0.5) is 0 Å². The van der Waals surface area contributed by atoms with Crippen LogP contribution in [0.5, 0.6) is 0 Å². The Morgan fingerprint density at radius 2 is 1.95 bits per heavy atom. The summed E-state index contributed by atoms with van der Waals surface area (Å²) >= 11 is 0. The molecular formula is C16H20ClN3O2. The van der Waals surface area contributed by atoms with Crippen molar-refractivity contribution in [1.29, 1.82) is 0 Å². The van der Waals surface area contributed by atoms with E-state index >= 15 is 0 Å². The summed E-state index contributed by atoms with van der Waals surface area (Å²) in [5.74, 6) is 0.444. The van der Waals surface area contributed by atoms with Gasteiger partial charge in [0.15, 0.2) is 5.69 Å². The van der Waals surface area contributed by atoms with E-state index < -0.39 is 0 Å². The Labute approximate surface area is 136 Å². The molecule has 0 radical (unpaired) electrons. The Morgan fingerprint density at radius 3 is 2.59 bits per heavy atom. The lowest BCUT2D eigenvalue weighted by Crippen LogP contribution is -2.44. The number of oxazole rings is 1.